The zero-order valence-corrected chi connectivity index (χ0v) is 17.2. The molecule has 1 saturated heterocycles. The third-order valence-electron chi connectivity index (χ3n) is 5.38. The fraction of sp³-hybridized carbons (Fsp3) is 0.318. The molecular weight excluding hydrogens is 428 g/mol. The van der Waals surface area contributed by atoms with E-state index in [1.54, 1.807) is 24.0 Å². The van der Waals surface area contributed by atoms with E-state index >= 15 is 0 Å². The number of aryl methyl sites for hydroxylation is 1. The van der Waals surface area contributed by atoms with Crippen LogP contribution < -0.4 is 0 Å². The van der Waals surface area contributed by atoms with Crippen LogP contribution in [-0.2, 0) is 12.7 Å². The number of carbonyl (C=O) groups excluding carboxylic acids is 1. The quantitative estimate of drug-likeness (QED) is 0.561. The Balaban J connectivity index is 1.33. The topological polar surface area (TPSA) is 62.5 Å². The average Bonchev–Trinajstić information content (AvgIpc) is 3.24. The van der Waals surface area contributed by atoms with Crippen LogP contribution in [0.5, 0.6) is 0 Å². The van der Waals surface area contributed by atoms with Crippen LogP contribution in [0.15, 0.2) is 47.0 Å². The van der Waals surface area contributed by atoms with Gasteiger partial charge in [-0.15, -0.1) is 0 Å². The lowest BCUT2D eigenvalue weighted by Crippen LogP contribution is -2.48. The minimum absolute atomic E-state index is 0.212. The van der Waals surface area contributed by atoms with Gasteiger partial charge in [0.25, 0.3) is 5.91 Å². The smallest absolute Gasteiger partial charge is 0.338 e. The first kappa shape index (κ1) is 21.9. The van der Waals surface area contributed by atoms with Crippen molar-refractivity contribution in [3.63, 3.8) is 0 Å². The molecule has 1 aliphatic rings. The molecule has 1 amide bonds. The second kappa shape index (κ2) is 8.70. The van der Waals surface area contributed by atoms with Crippen molar-refractivity contribution >= 4 is 5.91 Å². The van der Waals surface area contributed by atoms with Crippen LogP contribution in [0.25, 0.3) is 11.4 Å². The van der Waals surface area contributed by atoms with E-state index in [9.17, 15) is 22.4 Å². The molecule has 0 spiro atoms. The van der Waals surface area contributed by atoms with E-state index in [2.05, 4.69) is 10.1 Å². The predicted octanol–water partition coefficient (Wildman–Crippen LogP) is 4.16. The highest BCUT2D eigenvalue weighted by atomic mass is 19.4. The van der Waals surface area contributed by atoms with Gasteiger partial charge in [-0.25, -0.2) is 4.39 Å². The van der Waals surface area contributed by atoms with Crippen molar-refractivity contribution in [2.45, 2.75) is 19.6 Å². The molecular formula is C22H20F4N4O2. The molecule has 0 bridgehead atoms. The number of rotatable bonds is 4. The molecule has 32 heavy (non-hydrogen) atoms. The van der Waals surface area contributed by atoms with Crippen LogP contribution in [0.2, 0.25) is 0 Å². The number of hydrogen-bond donors (Lipinski definition) is 0. The molecule has 0 atom stereocenters. The Morgan fingerprint density at radius 1 is 1.06 bits per heavy atom. The molecule has 1 aliphatic heterocycles. The van der Waals surface area contributed by atoms with E-state index in [1.165, 1.54) is 18.2 Å². The Morgan fingerprint density at radius 2 is 1.75 bits per heavy atom. The molecule has 0 saturated carbocycles. The second-order valence-electron chi connectivity index (χ2n) is 7.62. The lowest BCUT2D eigenvalue weighted by molar-refractivity contribution is -0.137. The summed E-state index contributed by atoms with van der Waals surface area (Å²) in [4.78, 5) is 20.6. The number of benzene rings is 2. The highest BCUT2D eigenvalue weighted by molar-refractivity contribution is 5.94. The maximum atomic E-state index is 13.8. The number of nitrogens with zero attached hydrogens (tertiary/aromatic N) is 4. The minimum atomic E-state index is -4.40. The Kier molecular flexibility index (Phi) is 5.96. The number of hydrogen-bond acceptors (Lipinski definition) is 5. The van der Waals surface area contributed by atoms with Crippen LogP contribution in [0.3, 0.4) is 0 Å². The third kappa shape index (κ3) is 4.80. The van der Waals surface area contributed by atoms with Crippen molar-refractivity contribution in [1.29, 1.82) is 0 Å². The van der Waals surface area contributed by atoms with Gasteiger partial charge in [-0.3, -0.25) is 9.69 Å². The zero-order valence-electron chi connectivity index (χ0n) is 17.2. The molecule has 0 N–H and O–H groups in total. The number of aromatic nitrogens is 2. The molecule has 0 radical (unpaired) electrons. The second-order valence-corrected chi connectivity index (χ2v) is 7.62. The molecule has 4 rings (SSSR count). The third-order valence-corrected chi connectivity index (χ3v) is 5.38. The Bertz CT molecular complexity index is 1100. The van der Waals surface area contributed by atoms with Crippen LogP contribution >= 0.6 is 0 Å². The van der Waals surface area contributed by atoms with E-state index in [1.807, 2.05) is 4.90 Å². The predicted molar refractivity (Wildman–Crippen MR) is 107 cm³/mol. The van der Waals surface area contributed by atoms with Crippen molar-refractivity contribution in [3.8, 4) is 11.4 Å². The fourth-order valence-corrected chi connectivity index (χ4v) is 3.45. The summed E-state index contributed by atoms with van der Waals surface area (Å²) in [6.45, 7) is 4.07. The van der Waals surface area contributed by atoms with Crippen molar-refractivity contribution in [2.24, 2.45) is 0 Å². The average molecular weight is 448 g/mol. The number of halogens is 4. The van der Waals surface area contributed by atoms with Crippen LogP contribution in [0, 0.1) is 12.7 Å². The van der Waals surface area contributed by atoms with Crippen molar-refractivity contribution in [3.05, 3.63) is 70.9 Å². The van der Waals surface area contributed by atoms with Gasteiger partial charge in [-0.1, -0.05) is 23.4 Å². The first-order chi connectivity index (χ1) is 15.2. The maximum absolute atomic E-state index is 13.8. The maximum Gasteiger partial charge on any atom is 0.416 e. The molecule has 2 aromatic carbocycles. The lowest BCUT2D eigenvalue weighted by atomic mass is 10.1. The standard InChI is InChI=1S/C22H20F4N4O2/c1-14-2-3-16(12-18(14)23)21(31)30-10-8-29(9-11-30)13-19-27-20(28-32-19)15-4-6-17(7-5-15)22(24,25)26/h2-7,12H,8-11,13H2,1H3. The number of alkyl halides is 3. The summed E-state index contributed by atoms with van der Waals surface area (Å²) in [5.41, 5.74) is 0.487. The number of piperazine rings is 1. The molecule has 1 fully saturated rings. The normalized spacial score (nSPS) is 15.2. The zero-order chi connectivity index (χ0) is 22.9. The SMILES string of the molecule is Cc1ccc(C(=O)N2CCN(Cc3nc(-c4ccc(C(F)(F)F)cc4)no3)CC2)cc1F. The minimum Gasteiger partial charge on any atom is -0.338 e. The molecule has 168 valence electrons. The summed E-state index contributed by atoms with van der Waals surface area (Å²) in [5, 5.41) is 3.85. The highest BCUT2D eigenvalue weighted by Crippen LogP contribution is 2.30. The van der Waals surface area contributed by atoms with Crippen LogP contribution in [0.1, 0.15) is 27.4 Å². The van der Waals surface area contributed by atoms with Gasteiger partial charge in [-0.05, 0) is 36.8 Å². The summed E-state index contributed by atoms with van der Waals surface area (Å²) < 4.78 is 57.1. The lowest BCUT2D eigenvalue weighted by Gasteiger charge is -2.34. The Hall–Kier alpha value is -3.27. The van der Waals surface area contributed by atoms with Crippen molar-refractivity contribution < 1.29 is 26.9 Å². The van der Waals surface area contributed by atoms with Crippen molar-refractivity contribution in [2.75, 3.05) is 26.2 Å². The van der Waals surface area contributed by atoms with Gasteiger partial charge < -0.3 is 9.42 Å². The summed E-state index contributed by atoms with van der Waals surface area (Å²) in [5.74, 6) is -0.0788. The van der Waals surface area contributed by atoms with Gasteiger partial charge >= 0.3 is 6.18 Å². The first-order valence-corrected chi connectivity index (χ1v) is 9.99. The van der Waals surface area contributed by atoms with Gasteiger partial charge in [-0.2, -0.15) is 18.2 Å². The number of amides is 1. The Labute approximate surface area is 181 Å². The van der Waals surface area contributed by atoms with Gasteiger partial charge in [0.1, 0.15) is 5.82 Å². The van der Waals surface area contributed by atoms with E-state index < -0.39 is 17.6 Å². The molecule has 3 aromatic rings. The van der Waals surface area contributed by atoms with E-state index in [0.717, 1.165) is 12.1 Å². The van der Waals surface area contributed by atoms with Gasteiger partial charge in [0.15, 0.2) is 0 Å². The largest absolute Gasteiger partial charge is 0.416 e. The molecule has 1 aromatic heterocycles. The van der Waals surface area contributed by atoms with Crippen molar-refractivity contribution in [1.82, 2.24) is 19.9 Å². The highest BCUT2D eigenvalue weighted by Gasteiger charge is 2.30. The van der Waals surface area contributed by atoms with Gasteiger partial charge in [0.05, 0.1) is 12.1 Å². The Morgan fingerprint density at radius 3 is 2.38 bits per heavy atom. The molecule has 0 unspecified atom stereocenters. The molecule has 6 nitrogen and oxygen atoms in total. The molecule has 10 heteroatoms. The summed E-state index contributed by atoms with van der Waals surface area (Å²) in [6, 6.07) is 9.01. The van der Waals surface area contributed by atoms with E-state index in [0.29, 0.717) is 55.3 Å². The number of carbonyl (C=O) groups is 1. The summed E-state index contributed by atoms with van der Waals surface area (Å²) >= 11 is 0. The van der Waals surface area contributed by atoms with Gasteiger partial charge in [0.2, 0.25) is 11.7 Å². The fourth-order valence-electron chi connectivity index (χ4n) is 3.45. The van der Waals surface area contributed by atoms with Crippen LogP contribution in [0.4, 0.5) is 17.6 Å². The monoisotopic (exact) mass is 448 g/mol. The van der Waals surface area contributed by atoms with Gasteiger partial charge in [0, 0.05) is 37.3 Å². The van der Waals surface area contributed by atoms with Crippen LogP contribution in [-0.4, -0.2) is 52.0 Å². The molecule has 2 heterocycles. The first-order valence-electron chi connectivity index (χ1n) is 9.99. The summed E-state index contributed by atoms with van der Waals surface area (Å²) in [6.07, 6.45) is -4.40. The van der Waals surface area contributed by atoms with E-state index in [4.69, 9.17) is 4.52 Å². The van der Waals surface area contributed by atoms with E-state index in [-0.39, 0.29) is 11.7 Å². The summed E-state index contributed by atoms with van der Waals surface area (Å²) in [7, 11) is 0. The molecule has 0 aliphatic carbocycles.